The first-order valence-electron chi connectivity index (χ1n) is 7.07. The molecule has 0 aromatic heterocycles. The molecule has 2 atom stereocenters. The van der Waals surface area contributed by atoms with E-state index < -0.39 is 10.0 Å². The molecule has 0 amide bonds. The molecule has 2 unspecified atom stereocenters. The van der Waals surface area contributed by atoms with Gasteiger partial charge in [-0.25, -0.2) is 13.1 Å². The molecular weight excluding hydrogens is 274 g/mol. The molecule has 2 rings (SSSR count). The number of nitrogens with one attached hydrogen (secondary N) is 1. The molecule has 0 aliphatic heterocycles. The van der Waals surface area contributed by atoms with Gasteiger partial charge in [0.15, 0.2) is 0 Å². The van der Waals surface area contributed by atoms with Crippen LogP contribution in [0.3, 0.4) is 0 Å². The molecule has 20 heavy (non-hydrogen) atoms. The number of rotatable bonds is 4. The molecule has 112 valence electrons. The predicted molar refractivity (Wildman–Crippen MR) is 79.2 cm³/mol. The van der Waals surface area contributed by atoms with Crippen molar-refractivity contribution in [3.05, 3.63) is 28.8 Å². The summed E-state index contributed by atoms with van der Waals surface area (Å²) in [7, 11) is -3.51. The van der Waals surface area contributed by atoms with Crippen LogP contribution >= 0.6 is 0 Å². The molecule has 1 fully saturated rings. The molecule has 0 heterocycles. The van der Waals surface area contributed by atoms with Crippen LogP contribution in [0.1, 0.15) is 36.0 Å². The quantitative estimate of drug-likeness (QED) is 0.894. The third kappa shape index (κ3) is 3.22. The summed E-state index contributed by atoms with van der Waals surface area (Å²) in [5, 5.41) is 9.77. The molecule has 0 radical (unpaired) electrons. The highest BCUT2D eigenvalue weighted by Crippen LogP contribution is 2.26. The predicted octanol–water partition coefficient (Wildman–Crippen LogP) is 2.05. The number of aliphatic hydroxyl groups is 1. The molecule has 1 saturated carbocycles. The van der Waals surface area contributed by atoms with Crippen molar-refractivity contribution < 1.29 is 13.5 Å². The van der Waals surface area contributed by atoms with E-state index in [1.165, 1.54) is 0 Å². The lowest BCUT2D eigenvalue weighted by atomic mass is 10.1. The summed E-state index contributed by atoms with van der Waals surface area (Å²) in [6.07, 6.45) is 2.25. The minimum absolute atomic E-state index is 0.0378. The lowest BCUT2D eigenvalue weighted by Crippen LogP contribution is -2.33. The Hall–Kier alpha value is -0.910. The average molecular weight is 297 g/mol. The van der Waals surface area contributed by atoms with Crippen molar-refractivity contribution in [2.45, 2.75) is 51.0 Å². The second kappa shape index (κ2) is 5.84. The van der Waals surface area contributed by atoms with Gasteiger partial charge in [0.1, 0.15) is 0 Å². The summed E-state index contributed by atoms with van der Waals surface area (Å²) < 4.78 is 27.6. The Labute approximate surface area is 121 Å². The summed E-state index contributed by atoms with van der Waals surface area (Å²) in [5.41, 5.74) is 2.59. The third-order valence-corrected chi connectivity index (χ3v) is 5.76. The van der Waals surface area contributed by atoms with Gasteiger partial charge in [0.05, 0.1) is 11.0 Å². The fourth-order valence-electron chi connectivity index (χ4n) is 3.13. The molecule has 4 nitrogen and oxygen atoms in total. The lowest BCUT2D eigenvalue weighted by Gasteiger charge is -2.17. The van der Waals surface area contributed by atoms with Gasteiger partial charge in [-0.05, 0) is 50.7 Å². The zero-order chi connectivity index (χ0) is 14.9. The first-order valence-corrected chi connectivity index (χ1v) is 8.55. The maximum Gasteiger partial charge on any atom is 0.241 e. The van der Waals surface area contributed by atoms with Gasteiger partial charge in [0, 0.05) is 6.54 Å². The van der Waals surface area contributed by atoms with Crippen molar-refractivity contribution in [2.75, 3.05) is 6.54 Å². The number of sulfonamides is 1. The Bertz CT molecular complexity index is 572. The van der Waals surface area contributed by atoms with Crippen LogP contribution in [0.25, 0.3) is 0 Å². The normalized spacial score (nSPS) is 23.2. The van der Waals surface area contributed by atoms with Crippen molar-refractivity contribution in [3.63, 3.8) is 0 Å². The fourth-order valence-corrected chi connectivity index (χ4v) is 4.68. The Balaban J connectivity index is 2.18. The van der Waals surface area contributed by atoms with Gasteiger partial charge in [-0.2, -0.15) is 0 Å². The van der Waals surface area contributed by atoms with E-state index in [0.717, 1.165) is 36.0 Å². The van der Waals surface area contributed by atoms with E-state index in [9.17, 15) is 13.5 Å². The molecule has 1 aromatic rings. The van der Waals surface area contributed by atoms with Crippen LogP contribution in [0, 0.1) is 26.7 Å². The average Bonchev–Trinajstić information content (AvgIpc) is 2.70. The Kier molecular flexibility index (Phi) is 4.52. The number of hydrogen-bond acceptors (Lipinski definition) is 3. The van der Waals surface area contributed by atoms with E-state index >= 15 is 0 Å². The minimum Gasteiger partial charge on any atom is -0.393 e. The number of aryl methyl sites for hydroxylation is 3. The van der Waals surface area contributed by atoms with E-state index in [-0.39, 0.29) is 12.0 Å². The summed E-state index contributed by atoms with van der Waals surface area (Å²) in [6, 6.07) is 3.76. The molecular formula is C15H23NO3S. The molecule has 1 aliphatic rings. The molecule has 0 saturated heterocycles. The first kappa shape index (κ1) is 15.5. The second-order valence-corrected chi connectivity index (χ2v) is 7.54. The molecule has 1 aliphatic carbocycles. The molecule has 1 aromatic carbocycles. The minimum atomic E-state index is -3.51. The smallest absolute Gasteiger partial charge is 0.241 e. The van der Waals surface area contributed by atoms with Crippen LogP contribution in [0.4, 0.5) is 0 Å². The fraction of sp³-hybridized carbons (Fsp3) is 0.600. The number of benzene rings is 1. The van der Waals surface area contributed by atoms with Crippen molar-refractivity contribution in [3.8, 4) is 0 Å². The molecule has 0 spiro atoms. The van der Waals surface area contributed by atoms with Gasteiger partial charge in [-0.3, -0.25) is 0 Å². The van der Waals surface area contributed by atoms with Crippen molar-refractivity contribution in [1.82, 2.24) is 4.72 Å². The van der Waals surface area contributed by atoms with Gasteiger partial charge in [0.25, 0.3) is 0 Å². The maximum absolute atomic E-state index is 12.5. The van der Waals surface area contributed by atoms with E-state index in [0.29, 0.717) is 11.4 Å². The summed E-state index contributed by atoms with van der Waals surface area (Å²) in [5.74, 6) is 0.0378. The van der Waals surface area contributed by atoms with Crippen molar-refractivity contribution >= 4 is 10.0 Å². The highest BCUT2D eigenvalue weighted by atomic mass is 32.2. The van der Waals surface area contributed by atoms with Gasteiger partial charge in [-0.1, -0.05) is 24.1 Å². The number of hydrogen-bond donors (Lipinski definition) is 2. The van der Waals surface area contributed by atoms with Gasteiger partial charge < -0.3 is 5.11 Å². The summed E-state index contributed by atoms with van der Waals surface area (Å²) in [6.45, 7) is 5.91. The van der Waals surface area contributed by atoms with Gasteiger partial charge in [-0.15, -0.1) is 0 Å². The standard InChI is InChI=1S/C15H23NO3S/c1-10-7-11(2)15(12(3)8-10)20(18,19)16-9-13-5-4-6-14(13)17/h7-8,13-14,16-17H,4-6,9H2,1-3H3. The van der Waals surface area contributed by atoms with Crippen LogP contribution in [-0.4, -0.2) is 26.2 Å². The molecule has 5 heteroatoms. The molecule has 2 N–H and O–H groups in total. The van der Waals surface area contributed by atoms with Crippen LogP contribution in [0.2, 0.25) is 0 Å². The Morgan fingerprint density at radius 1 is 1.20 bits per heavy atom. The first-order chi connectivity index (χ1) is 9.31. The van der Waals surface area contributed by atoms with E-state index in [2.05, 4.69) is 4.72 Å². The highest BCUT2D eigenvalue weighted by molar-refractivity contribution is 7.89. The van der Waals surface area contributed by atoms with E-state index in [4.69, 9.17) is 0 Å². The Morgan fingerprint density at radius 3 is 2.30 bits per heavy atom. The third-order valence-electron chi connectivity index (χ3n) is 4.03. The zero-order valence-electron chi connectivity index (χ0n) is 12.3. The Morgan fingerprint density at radius 2 is 1.80 bits per heavy atom. The van der Waals surface area contributed by atoms with Gasteiger partial charge >= 0.3 is 0 Å². The second-order valence-electron chi connectivity index (χ2n) is 5.84. The maximum atomic E-state index is 12.5. The zero-order valence-corrected chi connectivity index (χ0v) is 13.1. The van der Waals surface area contributed by atoms with Crippen LogP contribution in [0.15, 0.2) is 17.0 Å². The van der Waals surface area contributed by atoms with Crippen LogP contribution in [0.5, 0.6) is 0 Å². The van der Waals surface area contributed by atoms with Crippen LogP contribution < -0.4 is 4.72 Å². The highest BCUT2D eigenvalue weighted by Gasteiger charge is 2.27. The largest absolute Gasteiger partial charge is 0.393 e. The summed E-state index contributed by atoms with van der Waals surface area (Å²) >= 11 is 0. The lowest BCUT2D eigenvalue weighted by molar-refractivity contribution is 0.134. The SMILES string of the molecule is Cc1cc(C)c(S(=O)(=O)NCC2CCCC2O)c(C)c1. The van der Waals surface area contributed by atoms with Gasteiger partial charge in [0.2, 0.25) is 10.0 Å². The monoisotopic (exact) mass is 297 g/mol. The van der Waals surface area contributed by atoms with Crippen molar-refractivity contribution in [1.29, 1.82) is 0 Å². The molecule has 0 bridgehead atoms. The van der Waals surface area contributed by atoms with E-state index in [1.54, 1.807) is 0 Å². The van der Waals surface area contributed by atoms with Crippen molar-refractivity contribution in [2.24, 2.45) is 5.92 Å². The van der Waals surface area contributed by atoms with Crippen LogP contribution in [-0.2, 0) is 10.0 Å². The van der Waals surface area contributed by atoms with E-state index in [1.807, 2.05) is 32.9 Å². The summed E-state index contributed by atoms with van der Waals surface area (Å²) in [4.78, 5) is 0.371. The topological polar surface area (TPSA) is 66.4 Å². The number of aliphatic hydroxyl groups excluding tert-OH is 1.